The smallest absolute Gasteiger partial charge is 0.319 e. The minimum absolute atomic E-state index is 0.0189. The van der Waals surface area contributed by atoms with Crippen molar-refractivity contribution < 1.29 is 31.5 Å². The summed E-state index contributed by atoms with van der Waals surface area (Å²) in [6.45, 7) is 0.0575. The molecule has 1 heterocycles. The molecule has 8 nitrogen and oxygen atoms in total. The summed E-state index contributed by atoms with van der Waals surface area (Å²) >= 11 is 0. The fourth-order valence-electron chi connectivity index (χ4n) is 4.02. The van der Waals surface area contributed by atoms with Crippen LogP contribution in [0.5, 0.6) is 5.75 Å². The molecule has 4 rings (SSSR count). The number of nitrogens with one attached hydrogen (secondary N) is 2. The Bertz CT molecular complexity index is 1430. The van der Waals surface area contributed by atoms with Gasteiger partial charge in [-0.05, 0) is 48.9 Å². The van der Waals surface area contributed by atoms with Gasteiger partial charge in [0.05, 0.1) is 17.7 Å². The Labute approximate surface area is 206 Å². The Morgan fingerprint density at radius 1 is 1.00 bits per heavy atom. The standard InChI is InChI=1S/C25H23F2N3O5S/c1-35-16-9-7-15(8-10-16)28-25(32)29-19-13-14-30(24(19)31)20-12-11-18(22(26)23(20)27)17-5-3-4-6-21(17)36(2,33)34/h3-12,19H,13-14H2,1-2H3,(H2,28,29,32)/t19-/m1/s1. The van der Waals surface area contributed by atoms with Crippen molar-refractivity contribution in [2.75, 3.05) is 30.1 Å². The van der Waals surface area contributed by atoms with E-state index in [-0.39, 0.29) is 34.7 Å². The molecule has 1 saturated heterocycles. The van der Waals surface area contributed by atoms with Gasteiger partial charge in [0.1, 0.15) is 11.8 Å². The molecule has 11 heteroatoms. The largest absolute Gasteiger partial charge is 0.497 e. The molecule has 3 aromatic rings. The van der Waals surface area contributed by atoms with Gasteiger partial charge in [-0.1, -0.05) is 18.2 Å². The number of ether oxygens (including phenoxy) is 1. The number of rotatable bonds is 6. The molecule has 0 unspecified atom stereocenters. The Balaban J connectivity index is 1.51. The van der Waals surface area contributed by atoms with Crippen molar-refractivity contribution in [3.63, 3.8) is 0 Å². The molecule has 1 aliphatic rings. The second-order valence-electron chi connectivity index (χ2n) is 8.19. The molecule has 0 spiro atoms. The van der Waals surface area contributed by atoms with E-state index in [4.69, 9.17) is 4.74 Å². The van der Waals surface area contributed by atoms with Gasteiger partial charge in [-0.2, -0.15) is 0 Å². The van der Waals surface area contributed by atoms with Crippen LogP contribution in [0.4, 0.5) is 25.0 Å². The average Bonchev–Trinajstić information content (AvgIpc) is 3.20. The normalized spacial score (nSPS) is 15.6. The zero-order chi connectivity index (χ0) is 26.0. The van der Waals surface area contributed by atoms with E-state index in [1.807, 2.05) is 0 Å². The van der Waals surface area contributed by atoms with Crippen LogP contribution in [0.1, 0.15) is 6.42 Å². The van der Waals surface area contributed by atoms with E-state index in [0.29, 0.717) is 11.4 Å². The minimum Gasteiger partial charge on any atom is -0.497 e. The van der Waals surface area contributed by atoms with Crippen LogP contribution in [-0.2, 0) is 14.6 Å². The molecule has 1 aliphatic heterocycles. The number of hydrogen-bond acceptors (Lipinski definition) is 5. The van der Waals surface area contributed by atoms with Crippen LogP contribution >= 0.6 is 0 Å². The highest BCUT2D eigenvalue weighted by Crippen LogP contribution is 2.35. The van der Waals surface area contributed by atoms with E-state index in [1.54, 1.807) is 24.3 Å². The molecular weight excluding hydrogens is 492 g/mol. The summed E-state index contributed by atoms with van der Waals surface area (Å²) in [5.41, 5.74) is -0.0328. The predicted octanol–water partition coefficient (Wildman–Crippen LogP) is 3.97. The Morgan fingerprint density at radius 3 is 2.36 bits per heavy atom. The fraction of sp³-hybridized carbons (Fsp3) is 0.200. The second-order valence-corrected chi connectivity index (χ2v) is 10.2. The van der Waals surface area contributed by atoms with Crippen LogP contribution < -0.4 is 20.3 Å². The lowest BCUT2D eigenvalue weighted by molar-refractivity contribution is -0.118. The highest BCUT2D eigenvalue weighted by molar-refractivity contribution is 7.90. The molecule has 1 atom stereocenters. The molecule has 1 fully saturated rings. The molecule has 0 bridgehead atoms. The van der Waals surface area contributed by atoms with Crippen molar-refractivity contribution in [2.24, 2.45) is 0 Å². The van der Waals surface area contributed by atoms with Crippen LogP contribution in [-0.4, -0.2) is 46.3 Å². The Morgan fingerprint density at radius 2 is 1.69 bits per heavy atom. The lowest BCUT2D eigenvalue weighted by Gasteiger charge is -2.19. The second kappa shape index (κ2) is 9.94. The van der Waals surface area contributed by atoms with Gasteiger partial charge >= 0.3 is 6.03 Å². The summed E-state index contributed by atoms with van der Waals surface area (Å²) in [6.07, 6.45) is 1.17. The van der Waals surface area contributed by atoms with Crippen molar-refractivity contribution in [1.29, 1.82) is 0 Å². The maximum atomic E-state index is 15.1. The topological polar surface area (TPSA) is 105 Å². The van der Waals surface area contributed by atoms with Gasteiger partial charge in [-0.3, -0.25) is 4.79 Å². The van der Waals surface area contributed by atoms with Crippen LogP contribution in [0, 0.1) is 11.6 Å². The number of carbonyl (C=O) groups excluding carboxylic acids is 2. The van der Waals surface area contributed by atoms with E-state index in [9.17, 15) is 18.0 Å². The van der Waals surface area contributed by atoms with Gasteiger partial charge in [-0.25, -0.2) is 22.0 Å². The number of hydrogen-bond donors (Lipinski definition) is 2. The van der Waals surface area contributed by atoms with Gasteiger partial charge < -0.3 is 20.3 Å². The zero-order valence-electron chi connectivity index (χ0n) is 19.4. The van der Waals surface area contributed by atoms with Gasteiger partial charge in [0.15, 0.2) is 21.5 Å². The summed E-state index contributed by atoms with van der Waals surface area (Å²) in [5, 5.41) is 5.14. The van der Waals surface area contributed by atoms with E-state index in [0.717, 1.165) is 11.2 Å². The molecule has 3 aromatic carbocycles. The summed E-state index contributed by atoms with van der Waals surface area (Å²) in [7, 11) is -2.18. The molecule has 0 saturated carbocycles. The van der Waals surface area contributed by atoms with Crippen molar-refractivity contribution in [1.82, 2.24) is 5.32 Å². The first-order chi connectivity index (χ1) is 17.1. The van der Waals surface area contributed by atoms with Crippen LogP contribution in [0.3, 0.4) is 0 Å². The van der Waals surface area contributed by atoms with Gasteiger partial charge in [0.2, 0.25) is 5.91 Å². The molecule has 0 aliphatic carbocycles. The number of carbonyl (C=O) groups is 2. The number of halogens is 2. The third-order valence-electron chi connectivity index (χ3n) is 5.79. The van der Waals surface area contributed by atoms with Crippen LogP contribution in [0.25, 0.3) is 11.1 Å². The van der Waals surface area contributed by atoms with Crippen molar-refractivity contribution in [2.45, 2.75) is 17.4 Å². The average molecular weight is 516 g/mol. The molecule has 3 amide bonds. The maximum absolute atomic E-state index is 15.1. The molecular formula is C25H23F2N3O5S. The van der Waals surface area contributed by atoms with Crippen molar-refractivity contribution in [3.8, 4) is 16.9 Å². The predicted molar refractivity (Wildman–Crippen MR) is 131 cm³/mol. The fourth-order valence-corrected chi connectivity index (χ4v) is 4.92. The van der Waals surface area contributed by atoms with Gasteiger partial charge in [0.25, 0.3) is 0 Å². The first kappa shape index (κ1) is 25.1. The number of urea groups is 1. The quantitative estimate of drug-likeness (QED) is 0.517. The molecule has 2 N–H and O–H groups in total. The Hall–Kier alpha value is -3.99. The summed E-state index contributed by atoms with van der Waals surface area (Å²) < 4.78 is 59.5. The van der Waals surface area contributed by atoms with Gasteiger partial charge in [-0.15, -0.1) is 0 Å². The van der Waals surface area contributed by atoms with Crippen LogP contribution in [0.2, 0.25) is 0 Å². The number of benzene rings is 3. The lowest BCUT2D eigenvalue weighted by Crippen LogP contribution is -2.43. The maximum Gasteiger partial charge on any atom is 0.319 e. The first-order valence-corrected chi connectivity index (χ1v) is 12.8. The number of anilines is 2. The van der Waals surface area contributed by atoms with E-state index in [1.165, 1.54) is 43.5 Å². The number of nitrogens with zero attached hydrogens (tertiary/aromatic N) is 1. The van der Waals surface area contributed by atoms with Crippen LogP contribution in [0.15, 0.2) is 65.6 Å². The van der Waals surface area contributed by atoms with E-state index in [2.05, 4.69) is 10.6 Å². The van der Waals surface area contributed by atoms with Crippen molar-refractivity contribution >= 4 is 33.2 Å². The number of methoxy groups -OCH3 is 1. The monoisotopic (exact) mass is 515 g/mol. The first-order valence-electron chi connectivity index (χ1n) is 10.9. The zero-order valence-corrected chi connectivity index (χ0v) is 20.2. The minimum atomic E-state index is -3.70. The molecule has 36 heavy (non-hydrogen) atoms. The van der Waals surface area contributed by atoms with Crippen molar-refractivity contribution in [3.05, 3.63) is 72.3 Å². The molecule has 0 aromatic heterocycles. The number of amides is 3. The summed E-state index contributed by atoms with van der Waals surface area (Å²) in [4.78, 5) is 26.1. The summed E-state index contributed by atoms with van der Waals surface area (Å²) in [5.74, 6) is -2.54. The molecule has 188 valence electrons. The third kappa shape index (κ3) is 5.01. The Kier molecular flexibility index (Phi) is 6.93. The number of sulfone groups is 1. The summed E-state index contributed by atoms with van der Waals surface area (Å²) in [6, 6.07) is 13.2. The van der Waals surface area contributed by atoms with E-state index >= 15 is 8.78 Å². The molecule has 0 radical (unpaired) electrons. The highest BCUT2D eigenvalue weighted by atomic mass is 32.2. The lowest BCUT2D eigenvalue weighted by atomic mass is 10.0. The third-order valence-corrected chi connectivity index (χ3v) is 6.94. The highest BCUT2D eigenvalue weighted by Gasteiger charge is 2.36. The SMILES string of the molecule is COc1ccc(NC(=O)N[C@@H]2CCN(c3ccc(-c4ccccc4S(C)(=O)=O)c(F)c3F)C2=O)cc1. The van der Waals surface area contributed by atoms with E-state index < -0.39 is 39.5 Å². The van der Waals surface area contributed by atoms with Gasteiger partial charge in [0, 0.05) is 29.6 Å².